The highest BCUT2D eigenvalue weighted by Gasteiger charge is 2.36. The van der Waals surface area contributed by atoms with Crippen molar-refractivity contribution in [3.8, 4) is 0 Å². The van der Waals surface area contributed by atoms with Gasteiger partial charge >= 0.3 is 0 Å². The molecule has 1 saturated heterocycles. The van der Waals surface area contributed by atoms with Crippen LogP contribution in [0.5, 0.6) is 0 Å². The third kappa shape index (κ3) is 3.76. The van der Waals surface area contributed by atoms with E-state index >= 15 is 0 Å². The highest BCUT2D eigenvalue weighted by Crippen LogP contribution is 2.25. The number of amides is 1. The number of carbonyl (C=O) groups excluding carboxylic acids is 1. The Morgan fingerprint density at radius 1 is 1.15 bits per heavy atom. The van der Waals surface area contributed by atoms with Gasteiger partial charge in [-0.15, -0.1) is 0 Å². The number of furan rings is 1. The first-order valence-corrected chi connectivity index (χ1v) is 9.10. The predicted molar refractivity (Wildman–Crippen MR) is 101 cm³/mol. The Balaban J connectivity index is 1.47. The second kappa shape index (κ2) is 7.14. The molecule has 4 rings (SSSR count). The maximum absolute atomic E-state index is 12.6. The van der Waals surface area contributed by atoms with Crippen LogP contribution in [0.2, 0.25) is 5.02 Å². The number of para-hydroxylation sites is 1. The van der Waals surface area contributed by atoms with E-state index in [0.29, 0.717) is 24.0 Å². The summed E-state index contributed by atoms with van der Waals surface area (Å²) in [6, 6.07) is 17.4. The van der Waals surface area contributed by atoms with E-state index < -0.39 is 0 Å². The van der Waals surface area contributed by atoms with Crippen molar-refractivity contribution in [2.75, 3.05) is 13.2 Å². The summed E-state index contributed by atoms with van der Waals surface area (Å²) in [5.74, 6) is 0.618. The summed E-state index contributed by atoms with van der Waals surface area (Å²) < 4.78 is 11.4. The molecule has 1 amide bonds. The largest absolute Gasteiger partial charge is 0.461 e. The van der Waals surface area contributed by atoms with Gasteiger partial charge in [0.05, 0.1) is 18.6 Å². The van der Waals surface area contributed by atoms with Gasteiger partial charge in [0, 0.05) is 17.0 Å². The van der Waals surface area contributed by atoms with E-state index in [9.17, 15) is 4.79 Å². The zero-order valence-electron chi connectivity index (χ0n) is 14.3. The third-order valence-corrected chi connectivity index (χ3v) is 5.03. The molecular formula is C21H20ClNO3. The van der Waals surface area contributed by atoms with E-state index in [4.69, 9.17) is 20.8 Å². The van der Waals surface area contributed by atoms with Crippen molar-refractivity contribution in [1.82, 2.24) is 5.32 Å². The van der Waals surface area contributed by atoms with Gasteiger partial charge in [-0.1, -0.05) is 41.9 Å². The lowest BCUT2D eigenvalue weighted by atomic mass is 9.89. The monoisotopic (exact) mass is 369 g/mol. The molecule has 1 aliphatic rings. The number of hydrogen-bond donors (Lipinski definition) is 1. The van der Waals surface area contributed by atoms with Crippen LogP contribution in [0, 0.1) is 0 Å². The highest BCUT2D eigenvalue weighted by molar-refractivity contribution is 6.30. The van der Waals surface area contributed by atoms with E-state index in [2.05, 4.69) is 5.32 Å². The van der Waals surface area contributed by atoms with Crippen molar-refractivity contribution in [2.24, 2.45) is 0 Å². The SMILES string of the molecule is O=C(Cc1cc2ccccc2o1)NC1(Cc2ccc(Cl)cc2)CCOC1. The van der Waals surface area contributed by atoms with Gasteiger partial charge in [0.1, 0.15) is 11.3 Å². The van der Waals surface area contributed by atoms with Gasteiger partial charge in [-0.25, -0.2) is 0 Å². The molecule has 134 valence electrons. The molecule has 3 aromatic rings. The summed E-state index contributed by atoms with van der Waals surface area (Å²) in [7, 11) is 0. The molecule has 0 bridgehead atoms. The fraction of sp³-hybridized carbons (Fsp3) is 0.286. The molecule has 26 heavy (non-hydrogen) atoms. The van der Waals surface area contributed by atoms with Crippen LogP contribution >= 0.6 is 11.6 Å². The Bertz CT molecular complexity index is 877. The lowest BCUT2D eigenvalue weighted by Gasteiger charge is -2.29. The van der Waals surface area contributed by atoms with Crippen molar-refractivity contribution in [1.29, 1.82) is 0 Å². The summed E-state index contributed by atoms with van der Waals surface area (Å²) in [4.78, 5) is 12.6. The third-order valence-electron chi connectivity index (χ3n) is 4.78. The minimum absolute atomic E-state index is 0.0523. The van der Waals surface area contributed by atoms with Crippen LogP contribution in [-0.4, -0.2) is 24.7 Å². The molecule has 0 saturated carbocycles. The molecule has 0 spiro atoms. The zero-order chi connectivity index (χ0) is 18.0. The predicted octanol–water partition coefficient (Wildman–Crippen LogP) is 4.15. The first-order chi connectivity index (χ1) is 12.6. The minimum Gasteiger partial charge on any atom is -0.461 e. The number of halogens is 1. The van der Waals surface area contributed by atoms with E-state index in [0.717, 1.165) is 29.4 Å². The summed E-state index contributed by atoms with van der Waals surface area (Å²) in [5.41, 5.74) is 1.55. The molecule has 0 radical (unpaired) electrons. The Hall–Kier alpha value is -2.30. The molecule has 5 heteroatoms. The number of ether oxygens (including phenoxy) is 1. The van der Waals surface area contributed by atoms with Crippen LogP contribution in [-0.2, 0) is 22.4 Å². The molecule has 0 aliphatic carbocycles. The molecule has 1 atom stereocenters. The fourth-order valence-corrected chi connectivity index (χ4v) is 3.63. The molecule has 1 unspecified atom stereocenters. The maximum Gasteiger partial charge on any atom is 0.228 e. The normalized spacial score (nSPS) is 19.7. The number of carbonyl (C=O) groups is 1. The molecule has 1 aliphatic heterocycles. The van der Waals surface area contributed by atoms with Crippen LogP contribution in [0.4, 0.5) is 0 Å². The maximum atomic E-state index is 12.6. The van der Waals surface area contributed by atoms with Crippen LogP contribution in [0.3, 0.4) is 0 Å². The molecule has 1 aromatic heterocycles. The second-order valence-electron chi connectivity index (χ2n) is 6.86. The molecule has 1 N–H and O–H groups in total. The second-order valence-corrected chi connectivity index (χ2v) is 7.30. The van der Waals surface area contributed by atoms with Gasteiger partial charge in [0.15, 0.2) is 0 Å². The van der Waals surface area contributed by atoms with Gasteiger partial charge in [-0.3, -0.25) is 4.79 Å². The quantitative estimate of drug-likeness (QED) is 0.735. The Morgan fingerprint density at radius 2 is 1.96 bits per heavy atom. The minimum atomic E-state index is -0.378. The van der Waals surface area contributed by atoms with E-state index in [1.165, 1.54) is 0 Å². The number of hydrogen-bond acceptors (Lipinski definition) is 3. The van der Waals surface area contributed by atoms with Gasteiger partial charge in [-0.2, -0.15) is 0 Å². The summed E-state index contributed by atoms with van der Waals surface area (Å²) in [5, 5.41) is 4.91. The zero-order valence-corrected chi connectivity index (χ0v) is 15.1. The van der Waals surface area contributed by atoms with Gasteiger partial charge < -0.3 is 14.5 Å². The van der Waals surface area contributed by atoms with Crippen molar-refractivity contribution >= 4 is 28.5 Å². The average molecular weight is 370 g/mol. The number of benzene rings is 2. The lowest BCUT2D eigenvalue weighted by molar-refractivity contribution is -0.122. The van der Waals surface area contributed by atoms with E-state index in [1.54, 1.807) is 0 Å². The Kier molecular flexibility index (Phi) is 4.70. The molecule has 2 heterocycles. The summed E-state index contributed by atoms with van der Waals surface area (Å²) in [6.07, 6.45) is 1.73. The van der Waals surface area contributed by atoms with Crippen molar-refractivity contribution in [2.45, 2.75) is 24.8 Å². The van der Waals surface area contributed by atoms with Crippen molar-refractivity contribution < 1.29 is 13.9 Å². The number of rotatable bonds is 5. The number of fused-ring (bicyclic) bond motifs is 1. The topological polar surface area (TPSA) is 51.5 Å². The lowest BCUT2D eigenvalue weighted by Crippen LogP contribution is -2.51. The smallest absolute Gasteiger partial charge is 0.228 e. The highest BCUT2D eigenvalue weighted by atomic mass is 35.5. The molecule has 4 nitrogen and oxygen atoms in total. The van der Waals surface area contributed by atoms with Gasteiger partial charge in [-0.05, 0) is 42.7 Å². The molecule has 1 fully saturated rings. The van der Waals surface area contributed by atoms with Crippen LogP contribution in [0.25, 0.3) is 11.0 Å². The Labute approximate surface area is 157 Å². The van der Waals surface area contributed by atoms with E-state index in [1.807, 2.05) is 54.6 Å². The molecule has 2 aromatic carbocycles. The molecular weight excluding hydrogens is 350 g/mol. The summed E-state index contributed by atoms with van der Waals surface area (Å²) >= 11 is 5.97. The average Bonchev–Trinajstić information content (AvgIpc) is 3.23. The summed E-state index contributed by atoms with van der Waals surface area (Å²) in [6.45, 7) is 1.17. The van der Waals surface area contributed by atoms with Crippen molar-refractivity contribution in [3.63, 3.8) is 0 Å². The standard InChI is InChI=1S/C21H20ClNO3/c22-17-7-5-15(6-8-17)13-21(9-10-25-14-21)23-20(24)12-18-11-16-3-1-2-4-19(16)26-18/h1-8,11H,9-10,12-14H2,(H,23,24). The van der Waals surface area contributed by atoms with E-state index in [-0.39, 0.29) is 17.9 Å². The first-order valence-electron chi connectivity index (χ1n) is 8.73. The van der Waals surface area contributed by atoms with Crippen LogP contribution in [0.1, 0.15) is 17.7 Å². The Morgan fingerprint density at radius 3 is 2.69 bits per heavy atom. The van der Waals surface area contributed by atoms with Crippen molar-refractivity contribution in [3.05, 3.63) is 70.9 Å². The van der Waals surface area contributed by atoms with Gasteiger partial charge in [0.25, 0.3) is 0 Å². The van der Waals surface area contributed by atoms with Gasteiger partial charge in [0.2, 0.25) is 5.91 Å². The van der Waals surface area contributed by atoms with Crippen LogP contribution in [0.15, 0.2) is 59.0 Å². The first kappa shape index (κ1) is 17.1. The number of nitrogens with one attached hydrogen (secondary N) is 1. The fourth-order valence-electron chi connectivity index (χ4n) is 3.50. The van der Waals surface area contributed by atoms with Crippen LogP contribution < -0.4 is 5.32 Å².